The van der Waals surface area contributed by atoms with Gasteiger partial charge in [-0.3, -0.25) is 10.1 Å². The van der Waals surface area contributed by atoms with E-state index in [1.165, 1.54) is 6.07 Å². The van der Waals surface area contributed by atoms with Gasteiger partial charge in [0.1, 0.15) is 10.8 Å². The third-order valence-electron chi connectivity index (χ3n) is 1.85. The molecule has 8 heteroatoms. The predicted octanol–water partition coefficient (Wildman–Crippen LogP) is 2.84. The quantitative estimate of drug-likeness (QED) is 0.474. The van der Waals surface area contributed by atoms with E-state index in [0.717, 1.165) is 6.07 Å². The summed E-state index contributed by atoms with van der Waals surface area (Å²) >= 11 is 11.4. The predicted molar refractivity (Wildman–Crippen MR) is 65.2 cm³/mol. The molecule has 0 heterocycles. The first kappa shape index (κ1) is 14.5. The second-order valence-electron chi connectivity index (χ2n) is 3.08. The van der Waals surface area contributed by atoms with E-state index in [9.17, 15) is 14.9 Å². The van der Waals surface area contributed by atoms with Crippen molar-refractivity contribution in [2.24, 2.45) is 0 Å². The van der Waals surface area contributed by atoms with Gasteiger partial charge in [-0.15, -0.1) is 0 Å². The van der Waals surface area contributed by atoms with Gasteiger partial charge in [0.05, 0.1) is 22.6 Å². The number of rotatable bonds is 5. The number of carbonyl (C=O) groups is 1. The molecule has 98 valence electrons. The molecule has 0 atom stereocenters. The van der Waals surface area contributed by atoms with Gasteiger partial charge in [0.2, 0.25) is 0 Å². The van der Waals surface area contributed by atoms with Crippen molar-refractivity contribution in [1.82, 2.24) is 0 Å². The Morgan fingerprint density at radius 3 is 2.61 bits per heavy atom. The minimum absolute atomic E-state index is 0.000759. The molecule has 0 fully saturated rings. The number of esters is 1. The average molecular weight is 294 g/mol. The monoisotopic (exact) mass is 293 g/mol. The van der Waals surface area contributed by atoms with Gasteiger partial charge in [-0.25, -0.2) is 4.79 Å². The highest BCUT2D eigenvalue weighted by atomic mass is 35.5. The van der Waals surface area contributed by atoms with Gasteiger partial charge in [0.15, 0.2) is 6.61 Å². The van der Waals surface area contributed by atoms with Gasteiger partial charge < -0.3 is 9.47 Å². The Balaban J connectivity index is 2.86. The average Bonchev–Trinajstić information content (AvgIpc) is 2.27. The molecule has 0 spiro atoms. The van der Waals surface area contributed by atoms with Gasteiger partial charge in [0.25, 0.3) is 5.69 Å². The van der Waals surface area contributed by atoms with Crippen LogP contribution in [0.1, 0.15) is 6.92 Å². The standard InChI is InChI=1S/C10H9Cl2NO5/c1-2-17-10(14)5-18-9-4-8(13(15)16)6(11)3-7(9)12/h3-4H,2,5H2,1H3. The number of nitrogens with zero attached hydrogens (tertiary/aromatic N) is 1. The molecular weight excluding hydrogens is 285 g/mol. The largest absolute Gasteiger partial charge is 0.480 e. The van der Waals surface area contributed by atoms with Crippen LogP contribution in [0.3, 0.4) is 0 Å². The molecular formula is C10H9Cl2NO5. The molecule has 0 saturated carbocycles. The van der Waals surface area contributed by atoms with Crippen LogP contribution < -0.4 is 4.74 Å². The molecule has 0 aliphatic rings. The first-order chi connectivity index (χ1) is 8.45. The molecule has 0 aliphatic carbocycles. The Hall–Kier alpha value is -1.53. The fourth-order valence-corrected chi connectivity index (χ4v) is 1.61. The third-order valence-corrected chi connectivity index (χ3v) is 2.45. The molecule has 0 amide bonds. The molecule has 0 unspecified atom stereocenters. The molecule has 0 N–H and O–H groups in total. The number of halogens is 2. The molecule has 1 aromatic carbocycles. The van der Waals surface area contributed by atoms with Crippen LogP contribution in [0.15, 0.2) is 12.1 Å². The van der Waals surface area contributed by atoms with Crippen LogP contribution in [0.5, 0.6) is 5.75 Å². The minimum Gasteiger partial charge on any atom is -0.480 e. The minimum atomic E-state index is -0.671. The van der Waals surface area contributed by atoms with Gasteiger partial charge in [0, 0.05) is 0 Å². The zero-order valence-corrected chi connectivity index (χ0v) is 10.8. The van der Waals surface area contributed by atoms with Crippen molar-refractivity contribution in [3.63, 3.8) is 0 Å². The molecule has 0 bridgehead atoms. The summed E-state index contributed by atoms with van der Waals surface area (Å²) in [5.74, 6) is -0.591. The maximum Gasteiger partial charge on any atom is 0.344 e. The maximum absolute atomic E-state index is 11.1. The fraction of sp³-hybridized carbons (Fsp3) is 0.300. The zero-order chi connectivity index (χ0) is 13.7. The number of benzene rings is 1. The van der Waals surface area contributed by atoms with Crippen LogP contribution in [0.4, 0.5) is 5.69 Å². The van der Waals surface area contributed by atoms with Gasteiger partial charge in [-0.05, 0) is 13.0 Å². The number of hydrogen-bond donors (Lipinski definition) is 0. The zero-order valence-electron chi connectivity index (χ0n) is 9.31. The third kappa shape index (κ3) is 3.75. The van der Waals surface area contributed by atoms with E-state index < -0.39 is 10.9 Å². The lowest BCUT2D eigenvalue weighted by atomic mass is 10.3. The highest BCUT2D eigenvalue weighted by molar-refractivity contribution is 6.36. The maximum atomic E-state index is 11.1. The van der Waals surface area contributed by atoms with Crippen molar-refractivity contribution in [1.29, 1.82) is 0 Å². The van der Waals surface area contributed by atoms with Crippen LogP contribution in [-0.2, 0) is 9.53 Å². The molecule has 1 aromatic rings. The first-order valence-electron chi connectivity index (χ1n) is 4.87. The van der Waals surface area contributed by atoms with Gasteiger partial charge in [-0.2, -0.15) is 0 Å². The summed E-state index contributed by atoms with van der Waals surface area (Å²) in [7, 11) is 0. The van der Waals surface area contributed by atoms with E-state index in [1.54, 1.807) is 6.92 Å². The van der Waals surface area contributed by atoms with Crippen LogP contribution in [-0.4, -0.2) is 24.1 Å². The number of nitro groups is 1. The second-order valence-corrected chi connectivity index (χ2v) is 3.90. The second kappa shape index (κ2) is 6.42. The molecule has 0 radical (unpaired) electrons. The van der Waals surface area contributed by atoms with E-state index in [4.69, 9.17) is 27.9 Å². The lowest BCUT2D eigenvalue weighted by Crippen LogP contribution is -2.14. The Morgan fingerprint density at radius 2 is 2.06 bits per heavy atom. The first-order valence-corrected chi connectivity index (χ1v) is 5.63. The number of hydrogen-bond acceptors (Lipinski definition) is 5. The normalized spacial score (nSPS) is 9.94. The summed E-state index contributed by atoms with van der Waals surface area (Å²) in [4.78, 5) is 21.0. The summed E-state index contributed by atoms with van der Waals surface area (Å²) in [6.45, 7) is 1.49. The summed E-state index contributed by atoms with van der Waals surface area (Å²) in [6.07, 6.45) is 0. The highest BCUT2D eigenvalue weighted by Crippen LogP contribution is 2.35. The summed E-state index contributed by atoms with van der Waals surface area (Å²) in [5.41, 5.74) is -0.347. The summed E-state index contributed by atoms with van der Waals surface area (Å²) in [5, 5.41) is 10.6. The summed E-state index contributed by atoms with van der Waals surface area (Å²) in [6, 6.07) is 2.24. The van der Waals surface area contributed by atoms with Crippen molar-refractivity contribution >= 4 is 34.9 Å². The Labute approximate surface area is 113 Å². The smallest absolute Gasteiger partial charge is 0.344 e. The Morgan fingerprint density at radius 1 is 1.39 bits per heavy atom. The lowest BCUT2D eigenvalue weighted by Gasteiger charge is -2.07. The SMILES string of the molecule is CCOC(=O)COc1cc([N+](=O)[O-])c(Cl)cc1Cl. The number of carbonyl (C=O) groups excluding carboxylic acids is 1. The van der Waals surface area contributed by atoms with E-state index in [-0.39, 0.29) is 34.7 Å². The molecule has 6 nitrogen and oxygen atoms in total. The molecule has 1 rings (SSSR count). The fourth-order valence-electron chi connectivity index (χ4n) is 1.11. The van der Waals surface area contributed by atoms with Crippen molar-refractivity contribution in [2.75, 3.05) is 13.2 Å². The molecule has 18 heavy (non-hydrogen) atoms. The van der Waals surface area contributed by atoms with E-state index in [1.807, 2.05) is 0 Å². The van der Waals surface area contributed by atoms with Crippen LogP contribution in [0, 0.1) is 10.1 Å². The highest BCUT2D eigenvalue weighted by Gasteiger charge is 2.17. The number of nitro benzene ring substituents is 1. The van der Waals surface area contributed by atoms with Gasteiger partial charge in [-0.1, -0.05) is 23.2 Å². The van der Waals surface area contributed by atoms with E-state index in [2.05, 4.69) is 4.74 Å². The van der Waals surface area contributed by atoms with Crippen molar-refractivity contribution < 1.29 is 19.2 Å². The number of ether oxygens (including phenoxy) is 2. The molecule has 0 saturated heterocycles. The lowest BCUT2D eigenvalue weighted by molar-refractivity contribution is -0.384. The van der Waals surface area contributed by atoms with E-state index >= 15 is 0 Å². The van der Waals surface area contributed by atoms with E-state index in [0.29, 0.717) is 0 Å². The Kier molecular flexibility index (Phi) is 5.18. The van der Waals surface area contributed by atoms with Crippen LogP contribution >= 0.6 is 23.2 Å². The molecule has 0 aromatic heterocycles. The van der Waals surface area contributed by atoms with Crippen molar-refractivity contribution in [3.05, 3.63) is 32.3 Å². The Bertz CT molecular complexity index is 478. The van der Waals surface area contributed by atoms with Crippen LogP contribution in [0.2, 0.25) is 10.0 Å². The van der Waals surface area contributed by atoms with Crippen molar-refractivity contribution in [2.45, 2.75) is 6.92 Å². The van der Waals surface area contributed by atoms with Crippen molar-refractivity contribution in [3.8, 4) is 5.75 Å². The molecule has 0 aliphatic heterocycles. The van der Waals surface area contributed by atoms with Crippen LogP contribution in [0.25, 0.3) is 0 Å². The topological polar surface area (TPSA) is 78.7 Å². The van der Waals surface area contributed by atoms with Gasteiger partial charge >= 0.3 is 5.97 Å². The summed E-state index contributed by atoms with van der Waals surface area (Å²) < 4.78 is 9.67.